The summed E-state index contributed by atoms with van der Waals surface area (Å²) in [4.78, 5) is 7.66. The van der Waals surface area contributed by atoms with E-state index in [1.807, 2.05) is 45.0 Å². The van der Waals surface area contributed by atoms with Crippen molar-refractivity contribution < 1.29 is 4.74 Å². The Kier molecular flexibility index (Phi) is 2.95. The van der Waals surface area contributed by atoms with Gasteiger partial charge in [0.1, 0.15) is 11.6 Å². The van der Waals surface area contributed by atoms with Crippen LogP contribution >= 0.6 is 0 Å². The first-order valence-electron chi connectivity index (χ1n) is 5.47. The molecule has 0 unspecified atom stereocenters. The van der Waals surface area contributed by atoms with Crippen LogP contribution in [0.3, 0.4) is 0 Å². The molecule has 1 aromatic heterocycles. The maximum atomic E-state index is 5.40. The maximum Gasteiger partial charge on any atom is 0.119 e. The lowest BCUT2D eigenvalue weighted by atomic mass is 10.1. The Balaban J connectivity index is 2.31. The summed E-state index contributed by atoms with van der Waals surface area (Å²) in [5.74, 6) is 1.84. The molecule has 2 aromatic rings. The maximum absolute atomic E-state index is 5.40. The fourth-order valence-corrected chi connectivity index (χ4v) is 1.77. The number of rotatable bonds is 3. The van der Waals surface area contributed by atoms with E-state index in [2.05, 4.69) is 9.97 Å². The van der Waals surface area contributed by atoms with E-state index in [4.69, 9.17) is 4.74 Å². The Morgan fingerprint density at radius 1 is 1.19 bits per heavy atom. The predicted octanol–water partition coefficient (Wildman–Crippen LogP) is 3.09. The van der Waals surface area contributed by atoms with Gasteiger partial charge in [0.2, 0.25) is 0 Å². The van der Waals surface area contributed by atoms with Crippen molar-refractivity contribution in [2.75, 3.05) is 6.61 Å². The first kappa shape index (κ1) is 10.7. The van der Waals surface area contributed by atoms with Crippen LogP contribution in [-0.4, -0.2) is 16.6 Å². The summed E-state index contributed by atoms with van der Waals surface area (Å²) in [5, 5.41) is 0. The van der Waals surface area contributed by atoms with Crippen molar-refractivity contribution in [1.82, 2.24) is 9.97 Å². The third-order valence-corrected chi connectivity index (χ3v) is 2.44. The van der Waals surface area contributed by atoms with Crippen LogP contribution in [0.15, 0.2) is 24.3 Å². The fraction of sp³-hybridized carbons (Fsp3) is 0.308. The Bertz CT molecular complexity index is 471. The van der Waals surface area contributed by atoms with Crippen molar-refractivity contribution in [3.8, 4) is 17.0 Å². The molecule has 84 valence electrons. The molecule has 0 atom stereocenters. The van der Waals surface area contributed by atoms with E-state index in [0.717, 1.165) is 28.5 Å². The molecular weight excluding hydrogens is 200 g/mol. The van der Waals surface area contributed by atoms with Crippen LogP contribution in [-0.2, 0) is 0 Å². The molecule has 0 aliphatic heterocycles. The predicted molar refractivity (Wildman–Crippen MR) is 64.7 cm³/mol. The van der Waals surface area contributed by atoms with Gasteiger partial charge in [0.05, 0.1) is 12.3 Å². The summed E-state index contributed by atoms with van der Waals surface area (Å²) in [5.41, 5.74) is 3.23. The smallest absolute Gasteiger partial charge is 0.119 e. The fourth-order valence-electron chi connectivity index (χ4n) is 1.77. The number of ether oxygens (including phenoxy) is 1. The van der Waals surface area contributed by atoms with E-state index in [0.29, 0.717) is 6.61 Å². The van der Waals surface area contributed by atoms with E-state index in [-0.39, 0.29) is 0 Å². The number of aromatic amines is 1. The number of nitrogens with one attached hydrogen (secondary N) is 1. The van der Waals surface area contributed by atoms with Gasteiger partial charge in [-0.05, 0) is 45.0 Å². The standard InChI is InChI=1S/C13H16N2O/c1-4-16-12-7-5-11(6-8-12)13-9(2)14-10(3)15-13/h5-8H,4H2,1-3H3,(H,14,15). The van der Waals surface area contributed by atoms with Crippen LogP contribution < -0.4 is 4.74 Å². The van der Waals surface area contributed by atoms with Crippen LogP contribution in [0.1, 0.15) is 18.4 Å². The van der Waals surface area contributed by atoms with Crippen molar-refractivity contribution >= 4 is 0 Å². The minimum absolute atomic E-state index is 0.694. The number of aryl methyl sites for hydroxylation is 2. The second-order valence-corrected chi connectivity index (χ2v) is 3.75. The van der Waals surface area contributed by atoms with Crippen LogP contribution in [0.2, 0.25) is 0 Å². The zero-order valence-corrected chi connectivity index (χ0v) is 9.87. The first-order chi connectivity index (χ1) is 7.70. The molecule has 0 aliphatic carbocycles. The molecule has 3 heteroatoms. The molecule has 3 nitrogen and oxygen atoms in total. The largest absolute Gasteiger partial charge is 0.494 e. The Labute approximate surface area is 95.5 Å². The number of nitrogens with zero attached hydrogens (tertiary/aromatic N) is 1. The zero-order valence-electron chi connectivity index (χ0n) is 9.87. The third kappa shape index (κ3) is 2.08. The molecular formula is C13H16N2O. The number of hydrogen-bond acceptors (Lipinski definition) is 2. The summed E-state index contributed by atoms with van der Waals surface area (Å²) < 4.78 is 5.40. The quantitative estimate of drug-likeness (QED) is 0.856. The number of imidazole rings is 1. The molecule has 1 aromatic carbocycles. The highest BCUT2D eigenvalue weighted by Crippen LogP contribution is 2.23. The minimum Gasteiger partial charge on any atom is -0.494 e. The van der Waals surface area contributed by atoms with Gasteiger partial charge in [-0.25, -0.2) is 4.98 Å². The number of aromatic nitrogens is 2. The van der Waals surface area contributed by atoms with E-state index in [1.54, 1.807) is 0 Å². The molecule has 0 spiro atoms. The molecule has 0 fully saturated rings. The number of hydrogen-bond donors (Lipinski definition) is 1. The van der Waals surface area contributed by atoms with E-state index in [1.165, 1.54) is 0 Å². The van der Waals surface area contributed by atoms with Gasteiger partial charge in [-0.15, -0.1) is 0 Å². The lowest BCUT2D eigenvalue weighted by Crippen LogP contribution is -1.90. The van der Waals surface area contributed by atoms with Crippen LogP contribution in [0, 0.1) is 13.8 Å². The first-order valence-corrected chi connectivity index (χ1v) is 5.47. The highest BCUT2D eigenvalue weighted by molar-refractivity contribution is 5.62. The second kappa shape index (κ2) is 4.39. The van der Waals surface area contributed by atoms with Crippen molar-refractivity contribution in [2.45, 2.75) is 20.8 Å². The molecule has 0 bridgehead atoms. The summed E-state index contributed by atoms with van der Waals surface area (Å²) in [6.07, 6.45) is 0. The van der Waals surface area contributed by atoms with E-state index >= 15 is 0 Å². The van der Waals surface area contributed by atoms with E-state index in [9.17, 15) is 0 Å². The summed E-state index contributed by atoms with van der Waals surface area (Å²) in [7, 11) is 0. The average Bonchev–Trinajstić information content (AvgIpc) is 2.59. The average molecular weight is 216 g/mol. The molecule has 0 saturated heterocycles. The summed E-state index contributed by atoms with van der Waals surface area (Å²) in [6.45, 7) is 6.67. The van der Waals surface area contributed by atoms with Gasteiger partial charge in [0.25, 0.3) is 0 Å². The van der Waals surface area contributed by atoms with Crippen LogP contribution in [0.4, 0.5) is 0 Å². The third-order valence-electron chi connectivity index (χ3n) is 2.44. The minimum atomic E-state index is 0.694. The monoisotopic (exact) mass is 216 g/mol. The summed E-state index contributed by atoms with van der Waals surface area (Å²) in [6, 6.07) is 8.02. The molecule has 2 rings (SSSR count). The van der Waals surface area contributed by atoms with E-state index < -0.39 is 0 Å². The van der Waals surface area contributed by atoms with Gasteiger partial charge in [0.15, 0.2) is 0 Å². The topological polar surface area (TPSA) is 37.9 Å². The SMILES string of the molecule is CCOc1ccc(-c2nc(C)[nH]c2C)cc1. The van der Waals surface area contributed by atoms with Crippen molar-refractivity contribution in [2.24, 2.45) is 0 Å². The van der Waals surface area contributed by atoms with Gasteiger partial charge in [0, 0.05) is 11.3 Å². The molecule has 0 amide bonds. The lowest BCUT2D eigenvalue weighted by molar-refractivity contribution is 0.340. The van der Waals surface area contributed by atoms with Gasteiger partial charge in [-0.1, -0.05) is 0 Å². The molecule has 0 radical (unpaired) electrons. The highest BCUT2D eigenvalue weighted by atomic mass is 16.5. The molecule has 1 N–H and O–H groups in total. The van der Waals surface area contributed by atoms with Crippen LogP contribution in [0.5, 0.6) is 5.75 Å². The molecule has 16 heavy (non-hydrogen) atoms. The van der Waals surface area contributed by atoms with Crippen LogP contribution in [0.25, 0.3) is 11.3 Å². The van der Waals surface area contributed by atoms with Crippen molar-refractivity contribution in [1.29, 1.82) is 0 Å². The highest BCUT2D eigenvalue weighted by Gasteiger charge is 2.06. The lowest BCUT2D eigenvalue weighted by Gasteiger charge is -2.03. The van der Waals surface area contributed by atoms with Gasteiger partial charge in [-0.3, -0.25) is 0 Å². The number of benzene rings is 1. The Morgan fingerprint density at radius 2 is 1.88 bits per heavy atom. The number of H-pyrrole nitrogens is 1. The Morgan fingerprint density at radius 3 is 2.38 bits per heavy atom. The van der Waals surface area contributed by atoms with Gasteiger partial charge >= 0.3 is 0 Å². The second-order valence-electron chi connectivity index (χ2n) is 3.75. The van der Waals surface area contributed by atoms with Crippen molar-refractivity contribution in [3.63, 3.8) is 0 Å². The normalized spacial score (nSPS) is 10.4. The van der Waals surface area contributed by atoms with Gasteiger partial charge in [-0.2, -0.15) is 0 Å². The zero-order chi connectivity index (χ0) is 11.5. The van der Waals surface area contributed by atoms with Gasteiger partial charge < -0.3 is 9.72 Å². The van der Waals surface area contributed by atoms with Crippen molar-refractivity contribution in [3.05, 3.63) is 35.8 Å². The molecule has 1 heterocycles. The molecule has 0 aliphatic rings. The molecule has 0 saturated carbocycles. The summed E-state index contributed by atoms with van der Waals surface area (Å²) >= 11 is 0. The Hall–Kier alpha value is -1.77.